The third-order valence-electron chi connectivity index (χ3n) is 2.57. The molecular weight excluding hydrogens is 184 g/mol. The average Bonchev–Trinajstić information content (AvgIpc) is 2.11. The molecule has 0 unspecified atom stereocenters. The first-order valence-corrected chi connectivity index (χ1v) is 5.79. The number of hydrogen-bond donors (Lipinski definition) is 1. The smallest absolute Gasteiger partial charge is 0.123 e. The van der Waals surface area contributed by atoms with E-state index in [0.29, 0.717) is 11.7 Å². The Kier molecular flexibility index (Phi) is 4.13. The number of nitrogens with two attached hydrogens (primary N) is 1. The van der Waals surface area contributed by atoms with E-state index in [0.717, 1.165) is 25.0 Å². The van der Waals surface area contributed by atoms with Crippen molar-refractivity contribution in [3.63, 3.8) is 0 Å². The quantitative estimate of drug-likeness (QED) is 0.822. The molecule has 0 aliphatic heterocycles. The van der Waals surface area contributed by atoms with E-state index in [4.69, 9.17) is 5.73 Å². The van der Waals surface area contributed by atoms with Crippen molar-refractivity contribution in [2.24, 2.45) is 5.92 Å². The fourth-order valence-corrected chi connectivity index (χ4v) is 1.97. The van der Waals surface area contributed by atoms with Crippen LogP contribution in [0.5, 0.6) is 0 Å². The molecule has 0 aliphatic carbocycles. The molecule has 2 heteroatoms. The standard InChI is InChI=1S/C13H22N2/c1-5-6-11-8-13(14)15-10(4)12(11)7-9(2)3/h8-9H,5-7H2,1-4H3,(H2,14,15). The Morgan fingerprint density at radius 2 is 2.07 bits per heavy atom. The lowest BCUT2D eigenvalue weighted by Gasteiger charge is -2.14. The Bertz CT molecular complexity index is 330. The molecule has 1 rings (SSSR count). The molecule has 15 heavy (non-hydrogen) atoms. The highest BCUT2D eigenvalue weighted by Gasteiger charge is 2.09. The van der Waals surface area contributed by atoms with Gasteiger partial charge in [0.1, 0.15) is 5.82 Å². The number of nitrogens with zero attached hydrogens (tertiary/aromatic N) is 1. The van der Waals surface area contributed by atoms with Crippen LogP contribution in [0.1, 0.15) is 44.0 Å². The molecule has 0 bridgehead atoms. The van der Waals surface area contributed by atoms with E-state index in [9.17, 15) is 0 Å². The van der Waals surface area contributed by atoms with E-state index in [2.05, 4.69) is 32.7 Å². The fourth-order valence-electron chi connectivity index (χ4n) is 1.97. The largest absolute Gasteiger partial charge is 0.384 e. The normalized spacial score (nSPS) is 11.0. The summed E-state index contributed by atoms with van der Waals surface area (Å²) in [6.45, 7) is 8.75. The van der Waals surface area contributed by atoms with Crippen LogP contribution in [0.3, 0.4) is 0 Å². The van der Waals surface area contributed by atoms with E-state index in [1.54, 1.807) is 0 Å². The molecule has 1 aromatic heterocycles. The summed E-state index contributed by atoms with van der Waals surface area (Å²) in [4.78, 5) is 4.35. The number of anilines is 1. The van der Waals surface area contributed by atoms with Gasteiger partial charge >= 0.3 is 0 Å². The van der Waals surface area contributed by atoms with Gasteiger partial charge in [0.15, 0.2) is 0 Å². The molecule has 0 amide bonds. The minimum atomic E-state index is 0.656. The third kappa shape index (κ3) is 3.22. The van der Waals surface area contributed by atoms with Crippen LogP contribution in [0.25, 0.3) is 0 Å². The van der Waals surface area contributed by atoms with E-state index >= 15 is 0 Å². The summed E-state index contributed by atoms with van der Waals surface area (Å²) in [7, 11) is 0. The fraction of sp³-hybridized carbons (Fsp3) is 0.615. The van der Waals surface area contributed by atoms with Gasteiger partial charge in [0.2, 0.25) is 0 Å². The first-order chi connectivity index (χ1) is 7.04. The third-order valence-corrected chi connectivity index (χ3v) is 2.57. The first-order valence-electron chi connectivity index (χ1n) is 5.79. The predicted molar refractivity (Wildman–Crippen MR) is 65.9 cm³/mol. The average molecular weight is 206 g/mol. The molecule has 0 aliphatic rings. The second-order valence-corrected chi connectivity index (χ2v) is 4.62. The maximum absolute atomic E-state index is 5.78. The van der Waals surface area contributed by atoms with E-state index in [1.807, 2.05) is 6.07 Å². The highest BCUT2D eigenvalue weighted by atomic mass is 14.8. The van der Waals surface area contributed by atoms with Gasteiger partial charge in [0, 0.05) is 5.69 Å². The molecule has 0 aromatic carbocycles. The van der Waals surface area contributed by atoms with E-state index < -0.39 is 0 Å². The number of pyridine rings is 1. The molecule has 0 radical (unpaired) electrons. The highest BCUT2D eigenvalue weighted by molar-refractivity contribution is 5.41. The number of hydrogen-bond acceptors (Lipinski definition) is 2. The van der Waals surface area contributed by atoms with Crippen molar-refractivity contribution >= 4 is 5.82 Å². The van der Waals surface area contributed by atoms with Gasteiger partial charge in [-0.3, -0.25) is 0 Å². The number of aromatic nitrogens is 1. The van der Waals surface area contributed by atoms with Crippen molar-refractivity contribution in [3.8, 4) is 0 Å². The van der Waals surface area contributed by atoms with Gasteiger partial charge in [-0.15, -0.1) is 0 Å². The van der Waals surface area contributed by atoms with Crippen LogP contribution in [0.2, 0.25) is 0 Å². The van der Waals surface area contributed by atoms with Gasteiger partial charge in [-0.25, -0.2) is 4.98 Å². The van der Waals surface area contributed by atoms with Crippen molar-refractivity contribution in [1.82, 2.24) is 4.98 Å². The van der Waals surface area contributed by atoms with Crippen molar-refractivity contribution in [2.75, 3.05) is 5.73 Å². The highest BCUT2D eigenvalue weighted by Crippen LogP contribution is 2.20. The summed E-state index contributed by atoms with van der Waals surface area (Å²) in [5.41, 5.74) is 9.67. The molecule has 1 aromatic rings. The SMILES string of the molecule is CCCc1cc(N)nc(C)c1CC(C)C. The van der Waals surface area contributed by atoms with Crippen LogP contribution in [-0.2, 0) is 12.8 Å². The van der Waals surface area contributed by atoms with E-state index in [-0.39, 0.29) is 0 Å². The van der Waals surface area contributed by atoms with Crippen molar-refractivity contribution < 1.29 is 0 Å². The zero-order valence-corrected chi connectivity index (χ0v) is 10.3. The summed E-state index contributed by atoms with van der Waals surface area (Å²) in [5.74, 6) is 1.33. The van der Waals surface area contributed by atoms with Gasteiger partial charge in [0.25, 0.3) is 0 Å². The van der Waals surface area contributed by atoms with Gasteiger partial charge in [-0.1, -0.05) is 27.2 Å². The van der Waals surface area contributed by atoms with Gasteiger partial charge in [-0.2, -0.15) is 0 Å². The molecular formula is C13H22N2. The lowest BCUT2D eigenvalue weighted by molar-refractivity contribution is 0.636. The molecule has 0 saturated heterocycles. The lowest BCUT2D eigenvalue weighted by Crippen LogP contribution is -2.06. The number of rotatable bonds is 4. The Morgan fingerprint density at radius 3 is 2.60 bits per heavy atom. The molecule has 2 nitrogen and oxygen atoms in total. The van der Waals surface area contributed by atoms with Crippen LogP contribution in [-0.4, -0.2) is 4.98 Å². The number of aryl methyl sites for hydroxylation is 2. The maximum atomic E-state index is 5.78. The lowest BCUT2D eigenvalue weighted by atomic mass is 9.94. The summed E-state index contributed by atoms with van der Waals surface area (Å²) in [5, 5.41) is 0. The minimum Gasteiger partial charge on any atom is -0.384 e. The summed E-state index contributed by atoms with van der Waals surface area (Å²) in [6, 6.07) is 2.04. The predicted octanol–water partition coefficient (Wildman–Crippen LogP) is 3.12. The van der Waals surface area contributed by atoms with Crippen molar-refractivity contribution in [2.45, 2.75) is 47.0 Å². The van der Waals surface area contributed by atoms with Crippen molar-refractivity contribution in [1.29, 1.82) is 0 Å². The van der Waals surface area contributed by atoms with E-state index in [1.165, 1.54) is 11.1 Å². The first kappa shape index (κ1) is 12.0. The minimum absolute atomic E-state index is 0.656. The Balaban J connectivity index is 3.08. The summed E-state index contributed by atoms with van der Waals surface area (Å²) < 4.78 is 0. The van der Waals surface area contributed by atoms with Crippen LogP contribution in [0.4, 0.5) is 5.82 Å². The Labute approximate surface area is 92.9 Å². The Hall–Kier alpha value is -1.05. The van der Waals surface area contributed by atoms with Crippen LogP contribution >= 0.6 is 0 Å². The molecule has 0 fully saturated rings. The molecule has 0 spiro atoms. The molecule has 0 atom stereocenters. The number of nitrogen functional groups attached to an aromatic ring is 1. The van der Waals surface area contributed by atoms with Crippen LogP contribution < -0.4 is 5.73 Å². The molecule has 2 N–H and O–H groups in total. The van der Waals surface area contributed by atoms with Gasteiger partial charge < -0.3 is 5.73 Å². The summed E-state index contributed by atoms with van der Waals surface area (Å²) in [6.07, 6.45) is 3.37. The maximum Gasteiger partial charge on any atom is 0.123 e. The second kappa shape index (κ2) is 5.15. The Morgan fingerprint density at radius 1 is 1.40 bits per heavy atom. The topological polar surface area (TPSA) is 38.9 Å². The summed E-state index contributed by atoms with van der Waals surface area (Å²) >= 11 is 0. The van der Waals surface area contributed by atoms with Crippen molar-refractivity contribution in [3.05, 3.63) is 22.9 Å². The molecule has 1 heterocycles. The van der Waals surface area contributed by atoms with Gasteiger partial charge in [0.05, 0.1) is 0 Å². The molecule has 0 saturated carbocycles. The zero-order valence-electron chi connectivity index (χ0n) is 10.3. The van der Waals surface area contributed by atoms with Gasteiger partial charge in [-0.05, 0) is 42.9 Å². The van der Waals surface area contributed by atoms with Crippen LogP contribution in [0, 0.1) is 12.8 Å². The zero-order chi connectivity index (χ0) is 11.4. The van der Waals surface area contributed by atoms with Crippen LogP contribution in [0.15, 0.2) is 6.07 Å². The molecule has 84 valence electrons. The monoisotopic (exact) mass is 206 g/mol. The second-order valence-electron chi connectivity index (χ2n) is 4.62.